The van der Waals surface area contributed by atoms with Crippen LogP contribution >= 0.6 is 0 Å². The highest BCUT2D eigenvalue weighted by atomic mass is 16.2. The van der Waals surface area contributed by atoms with E-state index in [4.69, 9.17) is 0 Å². The van der Waals surface area contributed by atoms with Crippen LogP contribution in [0.1, 0.15) is 16.7 Å². The molecule has 0 atom stereocenters. The quantitative estimate of drug-likeness (QED) is 0.674. The van der Waals surface area contributed by atoms with Crippen LogP contribution in [0.3, 0.4) is 0 Å². The summed E-state index contributed by atoms with van der Waals surface area (Å²) in [4.78, 5) is 25.1. The predicted octanol–water partition coefficient (Wildman–Crippen LogP) is 3.75. The minimum atomic E-state index is -0.305. The Morgan fingerprint density at radius 1 is 0.778 bits per heavy atom. The third-order valence-corrected chi connectivity index (χ3v) is 4.22. The second kappa shape index (κ2) is 8.81. The summed E-state index contributed by atoms with van der Waals surface area (Å²) < 4.78 is 2.83. The lowest BCUT2D eigenvalue weighted by atomic mass is 10.2. The molecular formula is C23H22N2O2. The van der Waals surface area contributed by atoms with Crippen molar-refractivity contribution < 1.29 is 0 Å². The molecule has 0 unspecified atom stereocenters. The minimum Gasteiger partial charge on any atom is -0.296 e. The van der Waals surface area contributed by atoms with E-state index in [-0.39, 0.29) is 17.8 Å². The standard InChI is InChI=1S/C23H22N2O2/c1-19-18-24(16-8-14-20-10-4-2-5-11-20)23(27)25(22(19)26)17-9-15-21-12-6-3-7-13-21/h2-15,18H,16-17H2,1H3/b14-8-,15-9+. The van der Waals surface area contributed by atoms with Crippen LogP contribution in [0.25, 0.3) is 12.2 Å². The van der Waals surface area contributed by atoms with Gasteiger partial charge in [-0.3, -0.25) is 13.9 Å². The molecule has 0 fully saturated rings. The van der Waals surface area contributed by atoms with Crippen molar-refractivity contribution >= 4 is 12.2 Å². The van der Waals surface area contributed by atoms with Gasteiger partial charge in [0.25, 0.3) is 5.56 Å². The Kier molecular flexibility index (Phi) is 6.00. The molecule has 0 saturated carbocycles. The van der Waals surface area contributed by atoms with Crippen molar-refractivity contribution in [1.82, 2.24) is 9.13 Å². The summed E-state index contributed by atoms with van der Waals surface area (Å²) in [5.41, 5.74) is 2.10. The van der Waals surface area contributed by atoms with Crippen LogP contribution in [0, 0.1) is 6.92 Å². The summed E-state index contributed by atoms with van der Waals surface area (Å²) in [5.74, 6) is 0. The van der Waals surface area contributed by atoms with E-state index in [2.05, 4.69) is 0 Å². The first kappa shape index (κ1) is 18.4. The molecule has 0 aliphatic rings. The van der Waals surface area contributed by atoms with Gasteiger partial charge < -0.3 is 0 Å². The Balaban J connectivity index is 1.80. The van der Waals surface area contributed by atoms with Gasteiger partial charge in [0.1, 0.15) is 0 Å². The lowest BCUT2D eigenvalue weighted by Crippen LogP contribution is -2.40. The summed E-state index contributed by atoms with van der Waals surface area (Å²) in [7, 11) is 0. The topological polar surface area (TPSA) is 44.0 Å². The Bertz CT molecular complexity index is 1060. The van der Waals surface area contributed by atoms with Crippen molar-refractivity contribution in [2.45, 2.75) is 20.0 Å². The van der Waals surface area contributed by atoms with Crippen LogP contribution in [0.2, 0.25) is 0 Å². The van der Waals surface area contributed by atoms with Gasteiger partial charge in [-0.1, -0.05) is 85.0 Å². The lowest BCUT2D eigenvalue weighted by molar-refractivity contribution is 0.619. The van der Waals surface area contributed by atoms with Crippen LogP contribution in [-0.4, -0.2) is 9.13 Å². The molecule has 3 aromatic rings. The lowest BCUT2D eigenvalue weighted by Gasteiger charge is -2.08. The molecule has 4 heteroatoms. The first-order chi connectivity index (χ1) is 13.1. The van der Waals surface area contributed by atoms with Gasteiger partial charge in [0.05, 0.1) is 0 Å². The second-order valence-corrected chi connectivity index (χ2v) is 6.29. The molecule has 4 nitrogen and oxygen atoms in total. The van der Waals surface area contributed by atoms with E-state index in [9.17, 15) is 9.59 Å². The van der Waals surface area contributed by atoms with Crippen molar-refractivity contribution in [2.24, 2.45) is 0 Å². The zero-order valence-electron chi connectivity index (χ0n) is 15.3. The molecule has 1 heterocycles. The fourth-order valence-corrected chi connectivity index (χ4v) is 2.82. The van der Waals surface area contributed by atoms with Crippen LogP contribution in [0.4, 0.5) is 0 Å². The van der Waals surface area contributed by atoms with Gasteiger partial charge in [0.2, 0.25) is 0 Å². The first-order valence-electron chi connectivity index (χ1n) is 8.89. The van der Waals surface area contributed by atoms with Gasteiger partial charge in [-0.15, -0.1) is 0 Å². The van der Waals surface area contributed by atoms with Gasteiger partial charge in [0.15, 0.2) is 0 Å². The SMILES string of the molecule is Cc1cn(C/C=C\c2ccccc2)c(=O)n(C/C=C/c2ccccc2)c1=O. The highest BCUT2D eigenvalue weighted by Gasteiger charge is 2.06. The van der Waals surface area contributed by atoms with Gasteiger partial charge in [-0.2, -0.15) is 0 Å². The zero-order valence-corrected chi connectivity index (χ0v) is 15.3. The molecule has 136 valence electrons. The fraction of sp³-hybridized carbons (Fsp3) is 0.130. The summed E-state index contributed by atoms with van der Waals surface area (Å²) in [6, 6.07) is 19.7. The molecule has 0 N–H and O–H groups in total. The molecule has 0 aliphatic carbocycles. The Morgan fingerprint density at radius 3 is 1.85 bits per heavy atom. The van der Waals surface area contributed by atoms with E-state index in [1.807, 2.05) is 85.0 Å². The largest absolute Gasteiger partial charge is 0.331 e. The van der Waals surface area contributed by atoms with E-state index < -0.39 is 0 Å². The van der Waals surface area contributed by atoms with Crippen molar-refractivity contribution in [2.75, 3.05) is 0 Å². The second-order valence-electron chi connectivity index (χ2n) is 6.29. The normalized spacial score (nSPS) is 11.4. The maximum Gasteiger partial charge on any atom is 0.331 e. The van der Waals surface area contributed by atoms with E-state index in [0.29, 0.717) is 12.1 Å². The number of nitrogens with zero attached hydrogens (tertiary/aromatic N) is 2. The molecule has 1 aromatic heterocycles. The van der Waals surface area contributed by atoms with Crippen LogP contribution < -0.4 is 11.2 Å². The molecule has 3 rings (SSSR count). The Labute approximate surface area is 158 Å². The maximum absolute atomic E-state index is 12.7. The Morgan fingerprint density at radius 2 is 1.30 bits per heavy atom. The zero-order chi connectivity index (χ0) is 19.1. The van der Waals surface area contributed by atoms with Crippen LogP contribution in [0.5, 0.6) is 0 Å². The monoisotopic (exact) mass is 358 g/mol. The fourth-order valence-electron chi connectivity index (χ4n) is 2.82. The predicted molar refractivity (Wildman–Crippen MR) is 111 cm³/mol. The number of benzene rings is 2. The maximum atomic E-state index is 12.7. The summed E-state index contributed by atoms with van der Waals surface area (Å²) in [6.07, 6.45) is 9.25. The average Bonchev–Trinajstić information content (AvgIpc) is 2.70. The molecule has 2 aromatic carbocycles. The molecule has 0 radical (unpaired) electrons. The first-order valence-corrected chi connectivity index (χ1v) is 8.89. The molecule has 0 aliphatic heterocycles. The number of hydrogen-bond acceptors (Lipinski definition) is 2. The number of aromatic nitrogens is 2. The van der Waals surface area contributed by atoms with E-state index >= 15 is 0 Å². The third-order valence-electron chi connectivity index (χ3n) is 4.22. The van der Waals surface area contributed by atoms with Crippen LogP contribution in [0.15, 0.2) is 88.6 Å². The van der Waals surface area contributed by atoms with Gasteiger partial charge in [-0.25, -0.2) is 4.79 Å². The highest BCUT2D eigenvalue weighted by molar-refractivity contribution is 5.49. The summed E-state index contributed by atoms with van der Waals surface area (Å²) >= 11 is 0. The number of hydrogen-bond donors (Lipinski definition) is 0. The van der Waals surface area contributed by atoms with Gasteiger partial charge >= 0.3 is 5.69 Å². The molecule has 0 spiro atoms. The molecular weight excluding hydrogens is 336 g/mol. The molecule has 0 bridgehead atoms. The number of aryl methyl sites for hydroxylation is 1. The van der Waals surface area contributed by atoms with Gasteiger partial charge in [0, 0.05) is 24.8 Å². The minimum absolute atomic E-state index is 0.247. The third kappa shape index (κ3) is 4.82. The van der Waals surface area contributed by atoms with E-state index in [1.165, 1.54) is 4.57 Å². The number of allylic oxidation sites excluding steroid dienone is 2. The van der Waals surface area contributed by atoms with Crippen molar-refractivity contribution in [1.29, 1.82) is 0 Å². The van der Waals surface area contributed by atoms with Gasteiger partial charge in [-0.05, 0) is 18.1 Å². The highest BCUT2D eigenvalue weighted by Crippen LogP contribution is 2.02. The average molecular weight is 358 g/mol. The van der Waals surface area contributed by atoms with Crippen LogP contribution in [-0.2, 0) is 13.1 Å². The van der Waals surface area contributed by atoms with Crippen molar-refractivity contribution in [3.8, 4) is 0 Å². The summed E-state index contributed by atoms with van der Waals surface area (Å²) in [5, 5.41) is 0. The van der Waals surface area contributed by atoms with Crippen molar-refractivity contribution in [3.05, 3.63) is 117 Å². The molecule has 0 amide bonds. The molecule has 27 heavy (non-hydrogen) atoms. The molecule has 0 saturated heterocycles. The van der Waals surface area contributed by atoms with Crippen molar-refractivity contribution in [3.63, 3.8) is 0 Å². The smallest absolute Gasteiger partial charge is 0.296 e. The van der Waals surface area contributed by atoms with E-state index in [1.54, 1.807) is 17.7 Å². The summed E-state index contributed by atoms with van der Waals surface area (Å²) in [6.45, 7) is 2.39. The Hall–Kier alpha value is -3.40. The number of rotatable bonds is 6. The van der Waals surface area contributed by atoms with E-state index in [0.717, 1.165) is 11.1 Å².